The molecule has 24 heavy (non-hydrogen) atoms. The molecule has 2 rings (SSSR count). The van der Waals surface area contributed by atoms with Crippen molar-refractivity contribution < 1.29 is 14.3 Å². The van der Waals surface area contributed by atoms with E-state index in [9.17, 15) is 9.59 Å². The lowest BCUT2D eigenvalue weighted by Crippen LogP contribution is -2.48. The fourth-order valence-electron chi connectivity index (χ4n) is 2.19. The molecule has 0 saturated carbocycles. The molecule has 5 heteroatoms. The molecule has 0 bridgehead atoms. The smallest absolute Gasteiger partial charge is 0.328 e. The molecule has 0 spiro atoms. The summed E-state index contributed by atoms with van der Waals surface area (Å²) in [6.07, 6.45) is 0.415. The second-order valence-electron chi connectivity index (χ2n) is 5.62. The topological polar surface area (TPSA) is 81.4 Å². The summed E-state index contributed by atoms with van der Waals surface area (Å²) < 4.78 is 5.19. The Labute approximate surface area is 141 Å². The van der Waals surface area contributed by atoms with E-state index in [0.29, 0.717) is 6.42 Å². The van der Waals surface area contributed by atoms with E-state index in [-0.39, 0.29) is 12.5 Å². The van der Waals surface area contributed by atoms with Crippen molar-refractivity contribution in [3.05, 3.63) is 71.8 Å². The highest BCUT2D eigenvalue weighted by Gasteiger charge is 2.21. The van der Waals surface area contributed by atoms with Crippen LogP contribution < -0.4 is 11.1 Å². The second-order valence-corrected chi connectivity index (χ2v) is 5.62. The molecule has 0 aliphatic rings. The number of benzene rings is 2. The van der Waals surface area contributed by atoms with E-state index < -0.39 is 18.1 Å². The van der Waals surface area contributed by atoms with Crippen LogP contribution in [0.5, 0.6) is 0 Å². The largest absolute Gasteiger partial charge is 0.459 e. The molecule has 0 unspecified atom stereocenters. The van der Waals surface area contributed by atoms with Gasteiger partial charge in [0.1, 0.15) is 12.6 Å². The monoisotopic (exact) mass is 326 g/mol. The Hall–Kier alpha value is -2.66. The van der Waals surface area contributed by atoms with Gasteiger partial charge in [-0.2, -0.15) is 0 Å². The average molecular weight is 326 g/mol. The van der Waals surface area contributed by atoms with E-state index in [1.807, 2.05) is 60.7 Å². The average Bonchev–Trinajstić information content (AvgIpc) is 2.61. The Morgan fingerprint density at radius 1 is 1.00 bits per heavy atom. The zero-order valence-electron chi connectivity index (χ0n) is 13.6. The maximum absolute atomic E-state index is 12.1. The Bertz CT molecular complexity index is 659. The van der Waals surface area contributed by atoms with Crippen LogP contribution in [-0.4, -0.2) is 24.0 Å². The highest BCUT2D eigenvalue weighted by Crippen LogP contribution is 2.04. The summed E-state index contributed by atoms with van der Waals surface area (Å²) in [5.41, 5.74) is 7.76. The zero-order valence-corrected chi connectivity index (χ0v) is 13.6. The third-order valence-corrected chi connectivity index (χ3v) is 3.57. The Morgan fingerprint density at radius 2 is 1.54 bits per heavy atom. The molecule has 0 aliphatic carbocycles. The molecule has 0 aliphatic heterocycles. The van der Waals surface area contributed by atoms with Crippen molar-refractivity contribution in [2.24, 2.45) is 5.73 Å². The molecule has 0 radical (unpaired) electrons. The molecule has 2 aromatic rings. The van der Waals surface area contributed by atoms with Gasteiger partial charge in [0.25, 0.3) is 0 Å². The number of rotatable bonds is 7. The number of nitrogens with two attached hydrogens (primary N) is 1. The first-order chi connectivity index (χ1) is 11.6. The van der Waals surface area contributed by atoms with Crippen LogP contribution >= 0.6 is 0 Å². The number of esters is 1. The predicted molar refractivity (Wildman–Crippen MR) is 92.0 cm³/mol. The fourth-order valence-corrected chi connectivity index (χ4v) is 2.19. The highest BCUT2D eigenvalue weighted by molar-refractivity contribution is 5.87. The van der Waals surface area contributed by atoms with E-state index >= 15 is 0 Å². The maximum Gasteiger partial charge on any atom is 0.328 e. The Kier molecular flexibility index (Phi) is 6.51. The van der Waals surface area contributed by atoms with Crippen molar-refractivity contribution in [3.8, 4) is 0 Å². The van der Waals surface area contributed by atoms with E-state index in [1.165, 1.54) is 0 Å². The second kappa shape index (κ2) is 8.84. The molecule has 2 aromatic carbocycles. The minimum absolute atomic E-state index is 0.177. The predicted octanol–water partition coefficient (Wildman–Crippen LogP) is 1.80. The van der Waals surface area contributed by atoms with Crippen LogP contribution in [0, 0.1) is 0 Å². The van der Waals surface area contributed by atoms with Gasteiger partial charge in [-0.25, -0.2) is 4.79 Å². The van der Waals surface area contributed by atoms with Crippen LogP contribution in [0.1, 0.15) is 18.1 Å². The lowest BCUT2D eigenvalue weighted by molar-refractivity contribution is -0.148. The molecule has 126 valence electrons. The van der Waals surface area contributed by atoms with E-state index in [1.54, 1.807) is 6.92 Å². The zero-order chi connectivity index (χ0) is 17.4. The van der Waals surface area contributed by atoms with Crippen LogP contribution in [0.25, 0.3) is 0 Å². The van der Waals surface area contributed by atoms with Gasteiger partial charge in [0.05, 0.1) is 6.04 Å². The summed E-state index contributed by atoms with van der Waals surface area (Å²) in [6, 6.07) is 17.4. The van der Waals surface area contributed by atoms with Gasteiger partial charge in [0, 0.05) is 0 Å². The number of amides is 1. The van der Waals surface area contributed by atoms with Crippen molar-refractivity contribution in [3.63, 3.8) is 0 Å². The minimum Gasteiger partial charge on any atom is -0.459 e. The first-order valence-corrected chi connectivity index (χ1v) is 7.86. The Balaban J connectivity index is 1.78. The van der Waals surface area contributed by atoms with Gasteiger partial charge in [-0.05, 0) is 24.5 Å². The minimum atomic E-state index is -0.747. The van der Waals surface area contributed by atoms with Crippen molar-refractivity contribution in [2.45, 2.75) is 32.0 Å². The van der Waals surface area contributed by atoms with Crippen LogP contribution in [0.3, 0.4) is 0 Å². The van der Waals surface area contributed by atoms with Crippen LogP contribution in [-0.2, 0) is 27.4 Å². The van der Waals surface area contributed by atoms with Crippen LogP contribution in [0.15, 0.2) is 60.7 Å². The van der Waals surface area contributed by atoms with Gasteiger partial charge in [-0.3, -0.25) is 4.79 Å². The van der Waals surface area contributed by atoms with Crippen LogP contribution in [0.2, 0.25) is 0 Å². The standard InChI is InChI=1S/C19H22N2O3/c1-14(19(23)24-13-16-10-6-3-7-11-16)21-18(22)17(20)12-15-8-4-2-5-9-15/h2-11,14,17H,12-13,20H2,1H3,(H,21,22)/t14-,17-/m0/s1. The third-order valence-electron chi connectivity index (χ3n) is 3.57. The highest BCUT2D eigenvalue weighted by atomic mass is 16.5. The van der Waals surface area contributed by atoms with Crippen molar-refractivity contribution >= 4 is 11.9 Å². The lowest BCUT2D eigenvalue weighted by Gasteiger charge is -2.17. The van der Waals surface area contributed by atoms with Crippen molar-refractivity contribution in [1.29, 1.82) is 0 Å². The molecular weight excluding hydrogens is 304 g/mol. The number of hydrogen-bond donors (Lipinski definition) is 2. The van der Waals surface area contributed by atoms with Gasteiger partial charge in [0.2, 0.25) is 5.91 Å². The molecule has 0 heterocycles. The first kappa shape index (κ1) is 17.7. The summed E-state index contributed by atoms with van der Waals surface area (Å²) in [5, 5.41) is 2.60. The molecule has 0 fully saturated rings. The number of ether oxygens (including phenoxy) is 1. The van der Waals surface area contributed by atoms with Gasteiger partial charge >= 0.3 is 5.97 Å². The molecule has 5 nitrogen and oxygen atoms in total. The summed E-state index contributed by atoms with van der Waals surface area (Å²) in [5.74, 6) is -0.859. The summed E-state index contributed by atoms with van der Waals surface area (Å²) in [6.45, 7) is 1.76. The normalized spacial score (nSPS) is 12.9. The summed E-state index contributed by atoms with van der Waals surface area (Å²) >= 11 is 0. The van der Waals surface area contributed by atoms with Gasteiger partial charge in [-0.15, -0.1) is 0 Å². The van der Waals surface area contributed by atoms with Gasteiger partial charge in [0.15, 0.2) is 0 Å². The van der Waals surface area contributed by atoms with Crippen molar-refractivity contribution in [2.75, 3.05) is 0 Å². The van der Waals surface area contributed by atoms with Gasteiger partial charge < -0.3 is 15.8 Å². The summed E-state index contributed by atoms with van der Waals surface area (Å²) in [7, 11) is 0. The van der Waals surface area contributed by atoms with E-state index in [0.717, 1.165) is 11.1 Å². The number of carbonyl (C=O) groups excluding carboxylic acids is 2. The molecule has 1 amide bonds. The molecular formula is C19H22N2O3. The number of nitrogens with one attached hydrogen (secondary N) is 1. The summed E-state index contributed by atoms with van der Waals surface area (Å²) in [4.78, 5) is 24.0. The maximum atomic E-state index is 12.1. The lowest BCUT2D eigenvalue weighted by atomic mass is 10.1. The quantitative estimate of drug-likeness (QED) is 0.760. The first-order valence-electron chi connectivity index (χ1n) is 7.86. The van der Waals surface area contributed by atoms with Gasteiger partial charge in [-0.1, -0.05) is 60.7 Å². The Morgan fingerprint density at radius 3 is 2.12 bits per heavy atom. The number of carbonyl (C=O) groups is 2. The molecule has 2 atom stereocenters. The molecule has 0 saturated heterocycles. The third kappa shape index (κ3) is 5.52. The molecule has 3 N–H and O–H groups in total. The van der Waals surface area contributed by atoms with Crippen molar-refractivity contribution in [1.82, 2.24) is 5.32 Å². The van der Waals surface area contributed by atoms with E-state index in [4.69, 9.17) is 10.5 Å². The molecule has 0 aromatic heterocycles. The number of hydrogen-bond acceptors (Lipinski definition) is 4. The van der Waals surface area contributed by atoms with Crippen LogP contribution in [0.4, 0.5) is 0 Å². The fraction of sp³-hybridized carbons (Fsp3) is 0.263. The SMILES string of the molecule is C[C@H](NC(=O)[C@@H](N)Cc1ccccc1)C(=O)OCc1ccccc1. The van der Waals surface area contributed by atoms with E-state index in [2.05, 4.69) is 5.32 Å².